The van der Waals surface area contributed by atoms with E-state index in [1.165, 1.54) is 0 Å². The molecule has 3 nitrogen and oxygen atoms in total. The Hall–Kier alpha value is -3.26. The van der Waals surface area contributed by atoms with Crippen molar-refractivity contribution in [2.24, 2.45) is 0 Å². The van der Waals surface area contributed by atoms with E-state index in [1.807, 2.05) is 84.9 Å². The van der Waals surface area contributed by atoms with Crippen LogP contribution in [-0.4, -0.2) is 12.1 Å². The average Bonchev–Trinajstić information content (AvgIpc) is 2.83. The van der Waals surface area contributed by atoms with Gasteiger partial charge in [0, 0.05) is 21.9 Å². The van der Waals surface area contributed by atoms with Crippen LogP contribution in [-0.2, 0) is 5.75 Å². The molecule has 0 spiro atoms. The summed E-state index contributed by atoms with van der Waals surface area (Å²) in [7, 11) is 1.65. The van der Waals surface area contributed by atoms with Crippen molar-refractivity contribution in [3.05, 3.63) is 101 Å². The van der Waals surface area contributed by atoms with Gasteiger partial charge in [0.25, 0.3) is 0 Å². The normalized spacial score (nSPS) is 10.5. The van der Waals surface area contributed by atoms with E-state index in [1.54, 1.807) is 18.9 Å². The van der Waals surface area contributed by atoms with Crippen molar-refractivity contribution in [1.82, 2.24) is 4.98 Å². The number of thioether (sulfide) groups is 1. The molecule has 0 saturated carbocycles. The van der Waals surface area contributed by atoms with Gasteiger partial charge in [-0.05, 0) is 53.6 Å². The molecule has 0 atom stereocenters. The van der Waals surface area contributed by atoms with E-state index >= 15 is 0 Å². The summed E-state index contributed by atoms with van der Waals surface area (Å²) in [5.41, 5.74) is 5.36. The lowest BCUT2D eigenvalue weighted by molar-refractivity contribution is 0.415. The van der Waals surface area contributed by atoms with E-state index < -0.39 is 0 Å². The van der Waals surface area contributed by atoms with Crippen molar-refractivity contribution in [2.75, 3.05) is 7.11 Å². The van der Waals surface area contributed by atoms with Crippen molar-refractivity contribution in [3.8, 4) is 34.2 Å². The molecular weight excluding hydrogens is 424 g/mol. The van der Waals surface area contributed by atoms with Gasteiger partial charge < -0.3 is 4.74 Å². The smallest absolute Gasteiger partial charge is 0.118 e. The maximum atomic E-state index is 9.99. The molecule has 0 N–H and O–H groups in total. The topological polar surface area (TPSA) is 45.9 Å². The zero-order valence-corrected chi connectivity index (χ0v) is 18.5. The molecule has 4 rings (SSSR count). The van der Waals surface area contributed by atoms with Crippen LogP contribution in [0.15, 0.2) is 90.0 Å². The van der Waals surface area contributed by atoms with Gasteiger partial charge in [-0.1, -0.05) is 54.1 Å². The Morgan fingerprint density at radius 1 is 0.935 bits per heavy atom. The van der Waals surface area contributed by atoms with Gasteiger partial charge >= 0.3 is 0 Å². The molecule has 31 heavy (non-hydrogen) atoms. The second-order valence-corrected chi connectivity index (χ2v) is 8.26. The highest BCUT2D eigenvalue weighted by atomic mass is 35.5. The highest BCUT2D eigenvalue weighted by molar-refractivity contribution is 7.98. The van der Waals surface area contributed by atoms with Gasteiger partial charge in [-0.3, -0.25) is 0 Å². The van der Waals surface area contributed by atoms with E-state index in [0.717, 1.165) is 33.7 Å². The van der Waals surface area contributed by atoms with Crippen LogP contribution in [0.25, 0.3) is 22.4 Å². The third-order valence-electron chi connectivity index (χ3n) is 4.86. The highest BCUT2D eigenvalue weighted by Crippen LogP contribution is 2.35. The third-order valence-corrected chi connectivity index (χ3v) is 6.16. The first kappa shape index (κ1) is 21.0. The van der Waals surface area contributed by atoms with Crippen LogP contribution in [0.2, 0.25) is 5.02 Å². The Labute approximate surface area is 191 Å². The van der Waals surface area contributed by atoms with Crippen LogP contribution in [0.3, 0.4) is 0 Å². The van der Waals surface area contributed by atoms with Crippen LogP contribution in [0.5, 0.6) is 5.75 Å². The van der Waals surface area contributed by atoms with Gasteiger partial charge in [-0.2, -0.15) is 5.26 Å². The monoisotopic (exact) mass is 442 g/mol. The average molecular weight is 443 g/mol. The predicted octanol–water partition coefficient (Wildman–Crippen LogP) is 7.24. The molecule has 3 aromatic carbocycles. The van der Waals surface area contributed by atoms with Gasteiger partial charge in [0.15, 0.2) is 0 Å². The van der Waals surface area contributed by atoms with Crippen LogP contribution in [0.4, 0.5) is 0 Å². The molecule has 0 aliphatic carbocycles. The fourth-order valence-electron chi connectivity index (χ4n) is 3.22. The lowest BCUT2D eigenvalue weighted by Gasteiger charge is -2.13. The van der Waals surface area contributed by atoms with Crippen molar-refractivity contribution >= 4 is 23.4 Å². The minimum Gasteiger partial charge on any atom is -0.497 e. The van der Waals surface area contributed by atoms with Crippen LogP contribution in [0.1, 0.15) is 11.1 Å². The molecule has 0 fully saturated rings. The SMILES string of the molecule is COc1ccc(-c2cc(-c3ccccc3)c(C#N)c(SCc3ccc(Cl)cc3)n2)cc1. The number of pyridine rings is 1. The number of halogens is 1. The molecule has 1 heterocycles. The lowest BCUT2D eigenvalue weighted by atomic mass is 9.99. The maximum Gasteiger partial charge on any atom is 0.118 e. The van der Waals surface area contributed by atoms with Gasteiger partial charge in [0.1, 0.15) is 16.8 Å². The van der Waals surface area contributed by atoms with E-state index in [4.69, 9.17) is 21.3 Å². The van der Waals surface area contributed by atoms with E-state index in [-0.39, 0.29) is 0 Å². The molecule has 1 aromatic heterocycles. The minimum absolute atomic E-state index is 0.586. The summed E-state index contributed by atoms with van der Waals surface area (Å²) < 4.78 is 5.28. The lowest BCUT2D eigenvalue weighted by Crippen LogP contribution is -1.96. The number of ether oxygens (including phenoxy) is 1. The van der Waals surface area contributed by atoms with Gasteiger partial charge in [0.2, 0.25) is 0 Å². The van der Waals surface area contributed by atoms with Crippen LogP contribution >= 0.6 is 23.4 Å². The molecule has 0 saturated heterocycles. The van der Waals surface area contributed by atoms with Crippen molar-refractivity contribution in [3.63, 3.8) is 0 Å². The number of nitrogens with zero attached hydrogens (tertiary/aromatic N) is 2. The maximum absolute atomic E-state index is 9.99. The quantitative estimate of drug-likeness (QED) is 0.295. The second-order valence-electron chi connectivity index (χ2n) is 6.86. The summed E-state index contributed by atoms with van der Waals surface area (Å²) in [4.78, 5) is 4.86. The van der Waals surface area contributed by atoms with Crippen molar-refractivity contribution in [1.29, 1.82) is 5.26 Å². The number of benzene rings is 3. The first-order chi connectivity index (χ1) is 15.2. The van der Waals surface area contributed by atoms with Gasteiger partial charge in [0.05, 0.1) is 18.4 Å². The second kappa shape index (κ2) is 9.70. The standard InChI is InChI=1S/C26H19ClN2OS/c1-30-22-13-9-20(10-14-22)25-15-23(19-5-3-2-4-6-19)24(16-28)26(29-25)31-17-18-7-11-21(27)12-8-18/h2-15H,17H2,1H3. The molecule has 0 aliphatic rings. The van der Waals surface area contributed by atoms with Gasteiger partial charge in [-0.15, -0.1) is 11.8 Å². The molecule has 0 aliphatic heterocycles. The van der Waals surface area contributed by atoms with E-state index in [0.29, 0.717) is 21.4 Å². The Balaban J connectivity index is 1.79. The van der Waals surface area contributed by atoms with Crippen molar-refractivity contribution in [2.45, 2.75) is 10.8 Å². The molecule has 0 bridgehead atoms. The van der Waals surface area contributed by atoms with Crippen molar-refractivity contribution < 1.29 is 4.74 Å². The first-order valence-electron chi connectivity index (χ1n) is 9.70. The number of aromatic nitrogens is 1. The molecule has 5 heteroatoms. The zero-order valence-electron chi connectivity index (χ0n) is 16.9. The summed E-state index contributed by atoms with van der Waals surface area (Å²) >= 11 is 7.56. The number of methoxy groups -OCH3 is 1. The molecule has 152 valence electrons. The van der Waals surface area contributed by atoms with Crippen LogP contribution in [0, 0.1) is 11.3 Å². The largest absolute Gasteiger partial charge is 0.497 e. The summed E-state index contributed by atoms with van der Waals surface area (Å²) in [6.07, 6.45) is 0. The number of hydrogen-bond acceptors (Lipinski definition) is 4. The molecule has 4 aromatic rings. The summed E-state index contributed by atoms with van der Waals surface area (Å²) in [6, 6.07) is 29.8. The predicted molar refractivity (Wildman–Crippen MR) is 127 cm³/mol. The number of rotatable bonds is 6. The molecule has 0 unspecified atom stereocenters. The Bertz CT molecular complexity index is 1220. The fraction of sp³-hybridized carbons (Fsp3) is 0.0769. The third kappa shape index (κ3) is 4.91. The summed E-state index contributed by atoms with van der Waals surface area (Å²) in [5, 5.41) is 11.4. The first-order valence-corrected chi connectivity index (χ1v) is 11.1. The Morgan fingerprint density at radius 3 is 2.29 bits per heavy atom. The Kier molecular flexibility index (Phi) is 6.57. The van der Waals surface area contributed by atoms with E-state index in [2.05, 4.69) is 6.07 Å². The summed E-state index contributed by atoms with van der Waals surface area (Å²) in [6.45, 7) is 0. The van der Waals surface area contributed by atoms with Crippen LogP contribution < -0.4 is 4.74 Å². The van der Waals surface area contributed by atoms with E-state index in [9.17, 15) is 5.26 Å². The Morgan fingerprint density at radius 2 is 1.65 bits per heavy atom. The zero-order chi connectivity index (χ0) is 21.6. The number of nitriles is 1. The molecule has 0 amide bonds. The fourth-order valence-corrected chi connectivity index (χ4v) is 4.31. The minimum atomic E-state index is 0.586. The number of hydrogen-bond donors (Lipinski definition) is 0. The van der Waals surface area contributed by atoms with Gasteiger partial charge in [-0.25, -0.2) is 4.98 Å². The molecular formula is C26H19ClN2OS. The highest BCUT2D eigenvalue weighted by Gasteiger charge is 2.16. The molecule has 0 radical (unpaired) electrons. The summed E-state index contributed by atoms with van der Waals surface area (Å²) in [5.74, 6) is 1.48.